The topological polar surface area (TPSA) is 63.9 Å². The molecular weight excluding hydrogens is 314 g/mol. The van der Waals surface area contributed by atoms with Gasteiger partial charge in [-0.05, 0) is 56.1 Å². The smallest absolute Gasteiger partial charge is 0.161 e. The van der Waals surface area contributed by atoms with Crippen LogP contribution in [-0.2, 0) is 11.8 Å². The minimum absolute atomic E-state index is 0.00918. The van der Waals surface area contributed by atoms with Crippen molar-refractivity contribution in [1.82, 2.24) is 4.90 Å². The van der Waals surface area contributed by atoms with Crippen LogP contribution < -0.4 is 0 Å². The first-order valence-electron chi connectivity index (χ1n) is 10.0. The van der Waals surface area contributed by atoms with Gasteiger partial charge in [-0.25, -0.2) is 0 Å². The van der Waals surface area contributed by atoms with E-state index >= 15 is 0 Å². The van der Waals surface area contributed by atoms with Crippen molar-refractivity contribution in [2.24, 2.45) is 11.3 Å². The maximum Gasteiger partial charge on any atom is 0.161 e. The van der Waals surface area contributed by atoms with E-state index in [4.69, 9.17) is 0 Å². The number of benzene rings is 1. The molecule has 1 aliphatic heterocycles. The normalized spacial score (nSPS) is 44.6. The highest BCUT2D eigenvalue weighted by atomic mass is 16.3. The summed E-state index contributed by atoms with van der Waals surface area (Å²) in [5.74, 6) is 0.794. The predicted octanol–water partition coefficient (Wildman–Crippen LogP) is 2.68. The summed E-state index contributed by atoms with van der Waals surface area (Å²) in [7, 11) is 0. The average Bonchev–Trinajstić information content (AvgIpc) is 2.77. The molecule has 4 unspecified atom stereocenters. The lowest BCUT2D eigenvalue weighted by atomic mass is 9.33. The van der Waals surface area contributed by atoms with Gasteiger partial charge in [-0.2, -0.15) is 0 Å². The maximum atomic E-state index is 12.1. The summed E-state index contributed by atoms with van der Waals surface area (Å²) >= 11 is 0. The first-order valence-corrected chi connectivity index (χ1v) is 10.0. The van der Waals surface area contributed by atoms with Crippen molar-refractivity contribution >= 4 is 0 Å². The van der Waals surface area contributed by atoms with Gasteiger partial charge in [0.2, 0.25) is 0 Å². The Morgan fingerprint density at radius 1 is 1.12 bits per heavy atom. The molecule has 5 aliphatic rings. The fourth-order valence-corrected chi connectivity index (χ4v) is 7.64. The van der Waals surface area contributed by atoms with Gasteiger partial charge in [-0.15, -0.1) is 0 Å². The zero-order valence-corrected chi connectivity index (χ0v) is 14.7. The van der Waals surface area contributed by atoms with Crippen LogP contribution in [0.15, 0.2) is 12.1 Å². The van der Waals surface area contributed by atoms with Gasteiger partial charge >= 0.3 is 0 Å². The molecule has 1 aromatic carbocycles. The van der Waals surface area contributed by atoms with Gasteiger partial charge in [0, 0.05) is 35.5 Å². The van der Waals surface area contributed by atoms with E-state index < -0.39 is 5.60 Å². The van der Waals surface area contributed by atoms with E-state index in [0.717, 1.165) is 62.2 Å². The van der Waals surface area contributed by atoms with E-state index in [-0.39, 0.29) is 28.4 Å². The molecule has 1 aromatic rings. The molecule has 1 saturated heterocycles. The van der Waals surface area contributed by atoms with Crippen LogP contribution in [0.5, 0.6) is 11.5 Å². The molecule has 0 amide bonds. The maximum absolute atomic E-state index is 12.1. The Balaban J connectivity index is 1.51. The van der Waals surface area contributed by atoms with E-state index in [9.17, 15) is 15.3 Å². The molecule has 4 fully saturated rings. The Morgan fingerprint density at radius 3 is 2.72 bits per heavy atom. The fraction of sp³-hybridized carbons (Fsp3) is 0.714. The van der Waals surface area contributed by atoms with Crippen LogP contribution in [-0.4, -0.2) is 45.0 Å². The summed E-state index contributed by atoms with van der Waals surface area (Å²) in [5, 5.41) is 32.8. The number of fused-ring (bicyclic) bond motifs is 1. The highest BCUT2D eigenvalue weighted by molar-refractivity contribution is 5.61. The Hall–Kier alpha value is -1.26. The van der Waals surface area contributed by atoms with Crippen molar-refractivity contribution < 1.29 is 15.3 Å². The predicted molar refractivity (Wildman–Crippen MR) is 93.7 cm³/mol. The van der Waals surface area contributed by atoms with Crippen molar-refractivity contribution in [1.29, 1.82) is 0 Å². The third-order valence-corrected chi connectivity index (χ3v) is 8.72. The molecule has 0 radical (unpaired) electrons. The molecule has 2 bridgehead atoms. The second kappa shape index (κ2) is 4.34. The van der Waals surface area contributed by atoms with Crippen LogP contribution in [0.25, 0.3) is 0 Å². The number of aromatic hydroxyl groups is 2. The van der Waals surface area contributed by atoms with Crippen molar-refractivity contribution in [3.8, 4) is 11.5 Å². The molecule has 3 saturated carbocycles. The standard InChI is InChI=1S/C21H27NO3/c23-15-6-5-14-9-16-21(25)19(12-22(16)10-13-3-1-4-13)7-2-8-20(21,11-19)17(14)18(15)24/h5-6,13,16,23-25H,1-4,7-12H2. The number of hydrogen-bond acceptors (Lipinski definition) is 4. The molecule has 4 aliphatic carbocycles. The molecule has 1 heterocycles. The quantitative estimate of drug-likeness (QED) is 0.724. The van der Waals surface area contributed by atoms with E-state index in [1.807, 2.05) is 6.07 Å². The highest BCUT2D eigenvalue weighted by Gasteiger charge is 2.83. The van der Waals surface area contributed by atoms with Crippen molar-refractivity contribution in [2.45, 2.75) is 68.4 Å². The van der Waals surface area contributed by atoms with E-state index in [2.05, 4.69) is 4.90 Å². The third-order valence-electron chi connectivity index (χ3n) is 8.72. The molecule has 6 rings (SSSR count). The van der Waals surface area contributed by atoms with E-state index in [1.165, 1.54) is 19.3 Å². The van der Waals surface area contributed by atoms with Crippen LogP contribution >= 0.6 is 0 Å². The molecular formula is C21H27NO3. The van der Waals surface area contributed by atoms with Gasteiger partial charge in [-0.3, -0.25) is 4.90 Å². The van der Waals surface area contributed by atoms with Crippen LogP contribution in [0.2, 0.25) is 0 Å². The second-order valence-electron chi connectivity index (χ2n) is 9.57. The molecule has 134 valence electrons. The van der Waals surface area contributed by atoms with Crippen molar-refractivity contribution in [3.05, 3.63) is 23.3 Å². The largest absolute Gasteiger partial charge is 0.504 e. The van der Waals surface area contributed by atoms with Gasteiger partial charge in [0.25, 0.3) is 0 Å². The van der Waals surface area contributed by atoms with Crippen LogP contribution in [0.4, 0.5) is 0 Å². The minimum atomic E-state index is -0.722. The Morgan fingerprint density at radius 2 is 1.96 bits per heavy atom. The number of phenols is 2. The number of likely N-dealkylation sites (tertiary alicyclic amines) is 1. The minimum Gasteiger partial charge on any atom is -0.504 e. The second-order valence-corrected chi connectivity index (χ2v) is 9.57. The molecule has 0 spiro atoms. The SMILES string of the molecule is Oc1ccc2c(c1O)C13CCCC4(CN(CC5CCC5)C(C2)C41O)C3. The van der Waals surface area contributed by atoms with Gasteiger partial charge in [0.15, 0.2) is 11.5 Å². The summed E-state index contributed by atoms with van der Waals surface area (Å²) in [6.07, 6.45) is 8.96. The van der Waals surface area contributed by atoms with Crippen molar-refractivity contribution in [2.75, 3.05) is 13.1 Å². The number of aliphatic hydroxyl groups is 1. The molecule has 4 nitrogen and oxygen atoms in total. The fourth-order valence-electron chi connectivity index (χ4n) is 7.64. The van der Waals surface area contributed by atoms with E-state index in [0.29, 0.717) is 0 Å². The summed E-state index contributed by atoms with van der Waals surface area (Å²) in [6.45, 7) is 2.15. The number of nitrogens with zero attached hydrogens (tertiary/aromatic N) is 1. The lowest BCUT2D eigenvalue weighted by molar-refractivity contribution is -0.253. The summed E-state index contributed by atoms with van der Waals surface area (Å²) in [5.41, 5.74) is 0.948. The molecule has 3 N–H and O–H groups in total. The monoisotopic (exact) mass is 341 g/mol. The summed E-state index contributed by atoms with van der Waals surface area (Å²) < 4.78 is 0. The molecule has 4 atom stereocenters. The molecule has 4 heteroatoms. The van der Waals surface area contributed by atoms with Gasteiger partial charge in [0.1, 0.15) is 0 Å². The Kier molecular flexibility index (Phi) is 2.58. The van der Waals surface area contributed by atoms with E-state index in [1.54, 1.807) is 6.07 Å². The lowest BCUT2D eigenvalue weighted by Gasteiger charge is -2.72. The first-order chi connectivity index (χ1) is 12.0. The zero-order valence-electron chi connectivity index (χ0n) is 14.7. The average molecular weight is 341 g/mol. The summed E-state index contributed by atoms with van der Waals surface area (Å²) in [6, 6.07) is 3.78. The van der Waals surface area contributed by atoms with Crippen LogP contribution in [0.3, 0.4) is 0 Å². The van der Waals surface area contributed by atoms with Gasteiger partial charge < -0.3 is 15.3 Å². The van der Waals surface area contributed by atoms with Gasteiger partial charge in [-0.1, -0.05) is 18.9 Å². The number of hydrogen-bond donors (Lipinski definition) is 3. The van der Waals surface area contributed by atoms with Crippen LogP contribution in [0.1, 0.15) is 56.1 Å². The lowest BCUT2D eigenvalue weighted by Crippen LogP contribution is -2.79. The van der Waals surface area contributed by atoms with Crippen LogP contribution in [0, 0.1) is 11.3 Å². The highest BCUT2D eigenvalue weighted by Crippen LogP contribution is 2.77. The van der Waals surface area contributed by atoms with Crippen molar-refractivity contribution in [3.63, 3.8) is 0 Å². The molecule has 25 heavy (non-hydrogen) atoms. The number of rotatable bonds is 2. The Labute approximate surface area is 148 Å². The first kappa shape index (κ1) is 14.9. The van der Waals surface area contributed by atoms with Gasteiger partial charge in [0.05, 0.1) is 5.60 Å². The molecule has 0 aromatic heterocycles. The number of phenolic OH excluding ortho intramolecular Hbond substituents is 2. The Bertz CT molecular complexity index is 775. The zero-order chi connectivity index (χ0) is 17.0. The third kappa shape index (κ3) is 1.43. The summed E-state index contributed by atoms with van der Waals surface area (Å²) in [4.78, 5) is 2.60.